The largest absolute Gasteiger partial charge is 0.508 e. The van der Waals surface area contributed by atoms with Gasteiger partial charge in [-0.3, -0.25) is 14.5 Å². The lowest BCUT2D eigenvalue weighted by Gasteiger charge is -2.47. The van der Waals surface area contributed by atoms with Crippen LogP contribution in [0.1, 0.15) is 217 Å². The number of primary amides is 1. The number of rotatable bonds is 30. The molecule has 15 nitrogen and oxygen atoms in total. The number of carbonyl (C=O) groups is 3. The molecule has 6 aliphatic heterocycles. The molecule has 5 atom stereocenters. The SMILES string of the molecule is CC(C)[N+](C)(CCOC(=O)C1c2ccccc2Oc2ccccc21)C(C)C.CC[N+](C)(C)C(C)CC(c1ccccc1)c1ccccc1.Cc1ccc(O)c([C@H](CCN(C(C)C)C(C)C)c2ccccc2)c1.NC(=O)C(c1ccccc1)(c1ccccc1)[C@@H]1CCN(CCc2ccc3c(c2)CCO3)C1.O=C(OC1CC2CCC(C1)[N+]21CCCC1)C(O)(c1ccccc1)c1ccccc1. The predicted molar refractivity (Wildman–Crippen MR) is 539 cm³/mol. The van der Waals surface area contributed by atoms with Crippen LogP contribution >= 0.6 is 0 Å². The van der Waals surface area contributed by atoms with Gasteiger partial charge >= 0.3 is 11.9 Å². The quantitative estimate of drug-likeness (QED) is 0.0290. The molecule has 1 spiro atoms. The van der Waals surface area contributed by atoms with Gasteiger partial charge in [-0.15, -0.1) is 0 Å². The third kappa shape index (κ3) is 23.5. The molecule has 17 rings (SSSR count). The molecule has 0 radical (unpaired) electrons. The number of phenolic OH excluding ortho intramolecular Hbond substituents is 1. The summed E-state index contributed by atoms with van der Waals surface area (Å²) in [5.74, 6) is 2.25. The molecule has 0 aliphatic carbocycles. The first kappa shape index (κ1) is 99.5. The van der Waals surface area contributed by atoms with Crippen LogP contribution in [0.15, 0.2) is 297 Å². The van der Waals surface area contributed by atoms with Gasteiger partial charge in [0.2, 0.25) is 11.5 Å². The Balaban J connectivity index is 0.000000142. The fourth-order valence-electron chi connectivity index (χ4n) is 21.9. The van der Waals surface area contributed by atoms with Gasteiger partial charge in [0.1, 0.15) is 53.6 Å². The Bertz CT molecular complexity index is 5280. The van der Waals surface area contributed by atoms with Crippen molar-refractivity contribution in [1.82, 2.24) is 9.80 Å². The summed E-state index contributed by atoms with van der Waals surface area (Å²) in [6, 6.07) is 103. The lowest BCUT2D eigenvalue weighted by molar-refractivity contribution is -0.956. The van der Waals surface area contributed by atoms with Crippen LogP contribution in [-0.2, 0) is 47.7 Å². The van der Waals surface area contributed by atoms with Gasteiger partial charge in [-0.2, -0.15) is 0 Å². The second-order valence-electron chi connectivity index (χ2n) is 39.9. The highest BCUT2D eigenvalue weighted by Crippen LogP contribution is 2.50. The fraction of sp³-hybridized carbons (Fsp3) is 0.415. The molecular formula is C118H149N6O9+3. The van der Waals surface area contributed by atoms with Gasteiger partial charge in [0, 0.05) is 105 Å². The molecule has 133 heavy (non-hydrogen) atoms. The van der Waals surface area contributed by atoms with Gasteiger partial charge in [0.25, 0.3) is 0 Å². The molecule has 6 aliphatic rings. The Morgan fingerprint density at radius 3 is 1.53 bits per heavy atom. The number of ether oxygens (including phenoxy) is 4. The highest BCUT2D eigenvalue weighted by Gasteiger charge is 2.57. The van der Waals surface area contributed by atoms with Crippen LogP contribution in [0.3, 0.4) is 0 Å². The van der Waals surface area contributed by atoms with E-state index in [0.29, 0.717) is 71.7 Å². The molecule has 2 bridgehead atoms. The van der Waals surface area contributed by atoms with Crippen LogP contribution in [-0.4, -0.2) is 186 Å². The minimum absolute atomic E-state index is 0.0942. The zero-order valence-electron chi connectivity index (χ0n) is 81.6. The Morgan fingerprint density at radius 1 is 0.571 bits per heavy atom. The van der Waals surface area contributed by atoms with Gasteiger partial charge in [-0.05, 0) is 189 Å². The summed E-state index contributed by atoms with van der Waals surface area (Å²) in [4.78, 5) is 44.7. The number of nitrogens with two attached hydrogens (primary N) is 1. The second-order valence-corrected chi connectivity index (χ2v) is 39.9. The Labute approximate surface area is 794 Å². The molecule has 11 aromatic carbocycles. The molecule has 6 heterocycles. The maximum atomic E-state index is 13.4. The number of likely N-dealkylation sites (tertiary alicyclic amines) is 1. The number of quaternary nitrogens is 3. The lowest BCUT2D eigenvalue weighted by Crippen LogP contribution is -2.60. The number of likely N-dealkylation sites (N-methyl/N-ethyl adjacent to an activating group) is 1. The number of aromatic hydroxyl groups is 1. The number of carbonyl (C=O) groups excluding carboxylic acids is 3. The van der Waals surface area contributed by atoms with E-state index in [1.807, 2.05) is 164 Å². The van der Waals surface area contributed by atoms with Crippen molar-refractivity contribution in [2.24, 2.45) is 11.7 Å². The summed E-state index contributed by atoms with van der Waals surface area (Å²) >= 11 is 0. The molecule has 0 aromatic heterocycles. The standard InChI is InChI=1S/C28H30N2O2.C25H30NO3.C23H30NO3.C22H31NO.C20H28N/c29-27(31)28(23-7-3-1-4-8-23,24-9-5-2-6-10-24)25-14-17-30(20-25)16-13-21-11-12-26-22(19-21)15-18-32-26;27-24(25(28,19-9-3-1-4-10-19)20-11-5-2-6-12-20)29-23-17-21-13-14-22(18-23)26(21)15-7-8-16-26;1-16(2)24(5,17(3)4)14-15-26-23(25)22-18-10-6-8-12-20(18)27-21-13-9-7-11-19(21)22;1-16(2)23(17(3)4)14-13-20(19-9-7-6-8-10-19)21-15-18(5)11-12-22(21)24;1-5-21(3,4)17(2)16-20(18-12-8-6-9-13-18)19-14-10-7-11-15-19/h1-12,19,25H,13-18,20H2,(H2,29,31);1-6,9-12,21-23,28H,7-8,13-18H2;6-13,16-17,22H,14-15H2,1-5H3;6-12,15-17,20,24H,13-14H2,1-5H3;6-15,17,20H,5,16H2,1-4H3/q;2*+1;;+1/t25-;;;20-;/m1..1./s1. The first-order valence-corrected chi connectivity index (χ1v) is 49.3. The van der Waals surface area contributed by atoms with E-state index in [0.717, 1.165) is 138 Å². The number of benzene rings is 11. The van der Waals surface area contributed by atoms with Crippen molar-refractivity contribution in [1.29, 1.82) is 0 Å². The third-order valence-corrected chi connectivity index (χ3v) is 30.8. The molecule has 4 N–H and O–H groups in total. The minimum atomic E-state index is -1.78. The van der Waals surface area contributed by atoms with Crippen LogP contribution in [0.25, 0.3) is 0 Å². The first-order chi connectivity index (χ1) is 64.1. The molecule has 4 saturated heterocycles. The number of phenols is 1. The number of nitrogens with zero attached hydrogens (tertiary/aromatic N) is 5. The van der Waals surface area contributed by atoms with E-state index < -0.39 is 22.9 Å². The summed E-state index contributed by atoms with van der Waals surface area (Å²) in [6.45, 7) is 34.2. The van der Waals surface area contributed by atoms with Gasteiger partial charge in [-0.1, -0.05) is 279 Å². The fourth-order valence-corrected chi connectivity index (χ4v) is 21.9. The number of hydrogen-bond donors (Lipinski definition) is 3. The number of piperidine rings is 1. The van der Waals surface area contributed by atoms with Crippen molar-refractivity contribution in [2.75, 3.05) is 86.7 Å². The lowest BCUT2D eigenvalue weighted by atomic mass is 9.64. The Morgan fingerprint density at radius 2 is 1.05 bits per heavy atom. The van der Waals surface area contributed by atoms with E-state index in [9.17, 15) is 24.6 Å². The number of amides is 1. The van der Waals surface area contributed by atoms with Crippen LogP contribution in [0.2, 0.25) is 0 Å². The van der Waals surface area contributed by atoms with E-state index in [-0.39, 0.29) is 29.8 Å². The molecule has 4 fully saturated rings. The van der Waals surface area contributed by atoms with Crippen molar-refractivity contribution in [3.63, 3.8) is 0 Å². The second kappa shape index (κ2) is 45.8. The van der Waals surface area contributed by atoms with Crippen molar-refractivity contribution in [3.8, 4) is 23.0 Å². The number of aryl methyl sites for hydroxylation is 1. The van der Waals surface area contributed by atoms with Crippen LogP contribution in [0.5, 0.6) is 23.0 Å². The molecule has 3 unspecified atom stereocenters. The zero-order chi connectivity index (χ0) is 94.5. The van der Waals surface area contributed by atoms with E-state index in [2.05, 4.69) is 216 Å². The number of aliphatic hydroxyl groups is 1. The normalized spacial score (nSPS) is 17.8. The number of esters is 2. The summed E-state index contributed by atoms with van der Waals surface area (Å²) in [5.41, 5.74) is 17.4. The number of hydrogen-bond acceptors (Lipinski definition) is 11. The van der Waals surface area contributed by atoms with Crippen LogP contribution in [0.4, 0.5) is 0 Å². The predicted octanol–water partition coefficient (Wildman–Crippen LogP) is 22.5. The highest BCUT2D eigenvalue weighted by atomic mass is 16.6. The Hall–Kier alpha value is -11.0. The van der Waals surface area contributed by atoms with Gasteiger partial charge in [0.05, 0.1) is 77.6 Å². The molecule has 0 saturated carbocycles. The van der Waals surface area contributed by atoms with Crippen molar-refractivity contribution in [3.05, 3.63) is 370 Å². The van der Waals surface area contributed by atoms with E-state index in [1.54, 1.807) is 24.3 Å². The molecule has 702 valence electrons. The van der Waals surface area contributed by atoms with E-state index >= 15 is 0 Å². The van der Waals surface area contributed by atoms with Gasteiger partial charge in [-0.25, -0.2) is 4.79 Å². The van der Waals surface area contributed by atoms with Crippen LogP contribution < -0.4 is 15.2 Å². The van der Waals surface area contributed by atoms with Crippen LogP contribution in [0, 0.1) is 12.8 Å². The maximum Gasteiger partial charge on any atom is 0.347 e. The monoisotopic (exact) mass is 1790 g/mol. The Kier molecular flexibility index (Phi) is 34.3. The topological polar surface area (TPSA) is 161 Å². The number of fused-ring (bicyclic) bond motifs is 3. The van der Waals surface area contributed by atoms with Gasteiger partial charge in [0.15, 0.2) is 0 Å². The van der Waals surface area contributed by atoms with Crippen molar-refractivity contribution >= 4 is 17.8 Å². The highest BCUT2D eigenvalue weighted by molar-refractivity contribution is 5.91. The van der Waals surface area contributed by atoms with E-state index in [1.165, 1.54) is 83.1 Å². The van der Waals surface area contributed by atoms with Crippen molar-refractivity contribution in [2.45, 2.75) is 224 Å². The third-order valence-electron chi connectivity index (χ3n) is 30.8. The average Bonchev–Trinajstić information content (AvgIpc) is 1.67. The molecule has 11 aromatic rings. The van der Waals surface area contributed by atoms with Crippen molar-refractivity contribution < 1.29 is 57.0 Å². The summed E-state index contributed by atoms with van der Waals surface area (Å²) in [6.07, 6.45) is 12.1. The maximum absolute atomic E-state index is 13.4. The zero-order valence-corrected chi connectivity index (χ0v) is 81.6. The summed E-state index contributed by atoms with van der Waals surface area (Å²) < 4.78 is 26.6. The molecule has 15 heteroatoms. The molecule has 1 amide bonds. The number of para-hydroxylation sites is 2. The van der Waals surface area contributed by atoms with E-state index in [4.69, 9.17) is 24.7 Å². The average molecular weight is 1800 g/mol. The summed E-state index contributed by atoms with van der Waals surface area (Å²) in [7, 11) is 6.89. The molecular weight excluding hydrogens is 1650 g/mol. The van der Waals surface area contributed by atoms with Gasteiger partial charge < -0.3 is 53.2 Å². The smallest absolute Gasteiger partial charge is 0.347 e. The minimum Gasteiger partial charge on any atom is -0.508 e. The first-order valence-electron chi connectivity index (χ1n) is 49.3. The summed E-state index contributed by atoms with van der Waals surface area (Å²) in [5, 5.41) is 22.1.